The molecule has 0 aliphatic rings. The van der Waals surface area contributed by atoms with E-state index in [0.717, 1.165) is 19.3 Å². The van der Waals surface area contributed by atoms with Crippen molar-refractivity contribution in [2.24, 2.45) is 0 Å². The molecule has 0 aliphatic heterocycles. The van der Waals surface area contributed by atoms with Crippen molar-refractivity contribution < 1.29 is 82.0 Å². The second-order valence-corrected chi connectivity index (χ2v) is 7.97. The Kier molecular flexibility index (Phi) is 25.9. The minimum Gasteiger partial charge on any atom is -0.748 e. The number of carbonyl (C=O) groups is 1. The summed E-state index contributed by atoms with van der Waals surface area (Å²) in [7, 11) is -4.23. The van der Waals surface area contributed by atoms with Crippen LogP contribution in [0.2, 0.25) is 0 Å². The standard InChI is InChI=1S/C17H35NO5S.2Na/c1-2-3-4-5-6-7-8-9-10-11-13-18(16-17(19)20)14-12-15-24(21,22)23;;/h2-16H2,1H3,(H,19,20)(H,21,22,23);;/q;2*+1/p-2. The first-order valence-electron chi connectivity index (χ1n) is 9.21. The first-order valence-corrected chi connectivity index (χ1v) is 10.8. The fourth-order valence-corrected chi connectivity index (χ4v) is 3.22. The molecule has 0 heterocycles. The average molecular weight is 410 g/mol. The second-order valence-electron chi connectivity index (χ2n) is 6.45. The molecule has 9 heteroatoms. The molecular formula is C17H33NNa2O5S. The van der Waals surface area contributed by atoms with Crippen LogP contribution in [0.15, 0.2) is 0 Å². The van der Waals surface area contributed by atoms with E-state index in [2.05, 4.69) is 6.92 Å². The van der Waals surface area contributed by atoms with Crippen molar-refractivity contribution >= 4 is 16.1 Å². The number of carboxylic acid groups (broad SMARTS) is 1. The molecule has 0 N–H and O–H groups in total. The summed E-state index contributed by atoms with van der Waals surface area (Å²) >= 11 is 0. The number of hydrogen-bond acceptors (Lipinski definition) is 6. The quantitative estimate of drug-likeness (QED) is 0.138. The van der Waals surface area contributed by atoms with Crippen LogP contribution in [0.25, 0.3) is 0 Å². The van der Waals surface area contributed by atoms with Gasteiger partial charge in [-0.05, 0) is 25.9 Å². The maximum Gasteiger partial charge on any atom is 1.00 e. The van der Waals surface area contributed by atoms with Crippen molar-refractivity contribution in [3.63, 3.8) is 0 Å². The molecule has 0 radical (unpaired) electrons. The van der Waals surface area contributed by atoms with Gasteiger partial charge in [-0.1, -0.05) is 64.7 Å². The maximum absolute atomic E-state index is 10.7. The number of aliphatic carboxylic acids is 1. The Hall–Kier alpha value is 1.34. The van der Waals surface area contributed by atoms with Crippen LogP contribution >= 0.6 is 0 Å². The molecule has 0 spiro atoms. The fraction of sp³-hybridized carbons (Fsp3) is 0.941. The average Bonchev–Trinajstić information content (AvgIpc) is 2.47. The van der Waals surface area contributed by atoms with Crippen molar-refractivity contribution in [1.29, 1.82) is 0 Å². The number of rotatable bonds is 17. The summed E-state index contributed by atoms with van der Waals surface area (Å²) in [6.07, 6.45) is 12.2. The van der Waals surface area contributed by atoms with Crippen LogP contribution < -0.4 is 64.2 Å². The monoisotopic (exact) mass is 409 g/mol. The van der Waals surface area contributed by atoms with Crippen molar-refractivity contribution in [3.05, 3.63) is 0 Å². The number of unbranched alkanes of at least 4 members (excludes halogenated alkanes) is 9. The molecule has 0 fully saturated rings. The zero-order valence-electron chi connectivity index (χ0n) is 17.0. The van der Waals surface area contributed by atoms with Gasteiger partial charge in [0.05, 0.1) is 16.1 Å². The molecule has 0 aromatic heterocycles. The summed E-state index contributed by atoms with van der Waals surface area (Å²) in [5, 5.41) is 10.7. The van der Waals surface area contributed by atoms with Gasteiger partial charge in [0, 0.05) is 12.3 Å². The smallest absolute Gasteiger partial charge is 0.748 e. The van der Waals surface area contributed by atoms with Gasteiger partial charge >= 0.3 is 59.1 Å². The Morgan fingerprint density at radius 2 is 1.23 bits per heavy atom. The molecule has 0 rings (SSSR count). The van der Waals surface area contributed by atoms with Crippen LogP contribution in [-0.2, 0) is 14.9 Å². The van der Waals surface area contributed by atoms with Gasteiger partial charge in [0.15, 0.2) is 0 Å². The topological polar surface area (TPSA) is 101 Å². The molecule has 26 heavy (non-hydrogen) atoms. The van der Waals surface area contributed by atoms with Crippen LogP contribution in [-0.4, -0.2) is 49.2 Å². The molecule has 0 unspecified atom stereocenters. The molecule has 0 aromatic carbocycles. The summed E-state index contributed by atoms with van der Waals surface area (Å²) in [6, 6.07) is 0. The summed E-state index contributed by atoms with van der Waals surface area (Å²) < 4.78 is 31.7. The summed E-state index contributed by atoms with van der Waals surface area (Å²) in [6.45, 7) is 2.90. The minimum absolute atomic E-state index is 0. The van der Waals surface area contributed by atoms with Gasteiger partial charge < -0.3 is 14.5 Å². The van der Waals surface area contributed by atoms with Crippen molar-refractivity contribution in [2.75, 3.05) is 25.4 Å². The van der Waals surface area contributed by atoms with Gasteiger partial charge in [-0.3, -0.25) is 4.90 Å². The third-order valence-electron chi connectivity index (χ3n) is 4.05. The molecule has 0 aliphatic carbocycles. The largest absolute Gasteiger partial charge is 1.00 e. The minimum atomic E-state index is -4.23. The van der Waals surface area contributed by atoms with Gasteiger partial charge in [0.1, 0.15) is 0 Å². The Bertz CT molecular complexity index is 421. The molecule has 0 bridgehead atoms. The van der Waals surface area contributed by atoms with Gasteiger partial charge in [0.25, 0.3) is 0 Å². The van der Waals surface area contributed by atoms with Crippen LogP contribution in [0, 0.1) is 0 Å². The number of carbonyl (C=O) groups excluding carboxylic acids is 1. The van der Waals surface area contributed by atoms with Crippen LogP contribution in [0.3, 0.4) is 0 Å². The van der Waals surface area contributed by atoms with Gasteiger partial charge in [-0.25, -0.2) is 8.42 Å². The summed E-state index contributed by atoms with van der Waals surface area (Å²) in [4.78, 5) is 12.4. The van der Waals surface area contributed by atoms with Crippen LogP contribution in [0.1, 0.15) is 77.6 Å². The van der Waals surface area contributed by atoms with Crippen LogP contribution in [0.5, 0.6) is 0 Å². The molecule has 0 aromatic rings. The van der Waals surface area contributed by atoms with E-state index in [1.165, 1.54) is 44.9 Å². The zero-order valence-corrected chi connectivity index (χ0v) is 21.8. The van der Waals surface area contributed by atoms with E-state index in [1.807, 2.05) is 0 Å². The third kappa shape index (κ3) is 25.3. The van der Waals surface area contributed by atoms with E-state index in [0.29, 0.717) is 13.1 Å². The SMILES string of the molecule is CCCCCCCCCCCCN(CCCS(=O)(=O)[O-])CC(=O)[O-].[Na+].[Na+]. The maximum atomic E-state index is 10.7. The van der Waals surface area contributed by atoms with Crippen molar-refractivity contribution in [1.82, 2.24) is 4.90 Å². The van der Waals surface area contributed by atoms with E-state index in [1.54, 1.807) is 4.90 Å². The van der Waals surface area contributed by atoms with E-state index in [-0.39, 0.29) is 72.1 Å². The molecule has 144 valence electrons. The van der Waals surface area contributed by atoms with Crippen molar-refractivity contribution in [2.45, 2.75) is 77.6 Å². The Morgan fingerprint density at radius 1 is 0.808 bits per heavy atom. The van der Waals surface area contributed by atoms with Crippen LogP contribution in [0.4, 0.5) is 0 Å². The van der Waals surface area contributed by atoms with E-state index < -0.39 is 21.8 Å². The van der Waals surface area contributed by atoms with Crippen molar-refractivity contribution in [3.8, 4) is 0 Å². The van der Waals surface area contributed by atoms with E-state index in [4.69, 9.17) is 0 Å². The second kappa shape index (κ2) is 21.1. The normalized spacial score (nSPS) is 11.0. The predicted molar refractivity (Wildman–Crippen MR) is 92.5 cm³/mol. The van der Waals surface area contributed by atoms with Gasteiger partial charge in [-0.15, -0.1) is 0 Å². The zero-order chi connectivity index (χ0) is 18.3. The Balaban J connectivity index is -0.00000264. The first-order chi connectivity index (χ1) is 11.3. The molecule has 0 saturated heterocycles. The Labute approximate surface area is 204 Å². The van der Waals surface area contributed by atoms with E-state index in [9.17, 15) is 22.9 Å². The predicted octanol–water partition coefficient (Wildman–Crippen LogP) is -4.10. The Morgan fingerprint density at radius 3 is 1.65 bits per heavy atom. The molecular weight excluding hydrogens is 376 g/mol. The third-order valence-corrected chi connectivity index (χ3v) is 4.84. The number of carboxylic acids is 1. The van der Waals surface area contributed by atoms with Gasteiger partial charge in [-0.2, -0.15) is 0 Å². The molecule has 0 amide bonds. The van der Waals surface area contributed by atoms with Gasteiger partial charge in [0.2, 0.25) is 0 Å². The summed E-state index contributed by atoms with van der Waals surface area (Å²) in [5.41, 5.74) is 0. The number of nitrogens with zero attached hydrogens (tertiary/aromatic N) is 1. The number of hydrogen-bond donors (Lipinski definition) is 0. The molecule has 0 atom stereocenters. The molecule has 6 nitrogen and oxygen atoms in total. The molecule has 0 saturated carbocycles. The summed E-state index contributed by atoms with van der Waals surface area (Å²) in [5.74, 6) is -1.62. The first kappa shape index (κ1) is 32.0. The fourth-order valence-electron chi connectivity index (χ4n) is 2.74. The van der Waals surface area contributed by atoms with E-state index >= 15 is 0 Å².